The Kier molecular flexibility index (Phi) is 5.35. The van der Waals surface area contributed by atoms with Crippen LogP contribution in [0.15, 0.2) is 36.4 Å². The van der Waals surface area contributed by atoms with E-state index in [0.29, 0.717) is 33.5 Å². The molecule has 0 radical (unpaired) electrons. The third-order valence-corrected chi connectivity index (χ3v) is 3.47. The molecule has 2 rings (SSSR count). The molecule has 3 N–H and O–H groups in total. The monoisotopic (exact) mass is 323 g/mol. The molecule has 0 fully saturated rings. The summed E-state index contributed by atoms with van der Waals surface area (Å²) in [4.78, 5) is 0. The molecule has 0 saturated carbocycles. The SMILES string of the molecule is COc1cc(C(O)COc2ccccc2N)c(OC)cc1Cl. The number of halogens is 1. The van der Waals surface area contributed by atoms with E-state index < -0.39 is 6.10 Å². The molecule has 0 aliphatic heterocycles. The number of rotatable bonds is 6. The van der Waals surface area contributed by atoms with Gasteiger partial charge in [-0.1, -0.05) is 23.7 Å². The number of hydrogen-bond acceptors (Lipinski definition) is 5. The highest BCUT2D eigenvalue weighted by Crippen LogP contribution is 2.36. The highest BCUT2D eigenvalue weighted by Gasteiger charge is 2.18. The lowest BCUT2D eigenvalue weighted by molar-refractivity contribution is 0.106. The first-order valence-electron chi connectivity index (χ1n) is 6.63. The Balaban J connectivity index is 2.18. The van der Waals surface area contributed by atoms with Crippen molar-refractivity contribution in [3.8, 4) is 17.2 Å². The van der Waals surface area contributed by atoms with Crippen LogP contribution in [-0.2, 0) is 0 Å². The molecule has 0 aliphatic carbocycles. The molecular formula is C16H18ClNO4. The largest absolute Gasteiger partial charge is 0.496 e. The van der Waals surface area contributed by atoms with Gasteiger partial charge in [0, 0.05) is 11.6 Å². The van der Waals surface area contributed by atoms with Crippen molar-refractivity contribution in [1.82, 2.24) is 0 Å². The van der Waals surface area contributed by atoms with Crippen LogP contribution in [-0.4, -0.2) is 25.9 Å². The summed E-state index contributed by atoms with van der Waals surface area (Å²) in [5.41, 5.74) is 6.83. The Hall–Kier alpha value is -2.11. The average molecular weight is 324 g/mol. The summed E-state index contributed by atoms with van der Waals surface area (Å²) in [7, 11) is 3.01. The first-order valence-corrected chi connectivity index (χ1v) is 7.01. The van der Waals surface area contributed by atoms with Crippen LogP contribution in [0.25, 0.3) is 0 Å². The van der Waals surface area contributed by atoms with Gasteiger partial charge in [0.05, 0.1) is 24.9 Å². The summed E-state index contributed by atoms with van der Waals surface area (Å²) in [6.45, 7) is 0.0232. The third kappa shape index (κ3) is 3.55. The highest BCUT2D eigenvalue weighted by atomic mass is 35.5. The number of anilines is 1. The van der Waals surface area contributed by atoms with Crippen molar-refractivity contribution >= 4 is 17.3 Å². The van der Waals surface area contributed by atoms with E-state index in [1.165, 1.54) is 14.2 Å². The number of aliphatic hydroxyl groups excluding tert-OH is 1. The second kappa shape index (κ2) is 7.24. The van der Waals surface area contributed by atoms with Crippen LogP contribution in [0.5, 0.6) is 17.2 Å². The predicted octanol–water partition coefficient (Wildman–Crippen LogP) is 3.05. The van der Waals surface area contributed by atoms with Crippen LogP contribution in [0, 0.1) is 0 Å². The standard InChI is InChI=1S/C16H18ClNO4/c1-20-15-8-11(17)16(21-2)7-10(15)13(19)9-22-14-6-4-3-5-12(14)18/h3-8,13,19H,9,18H2,1-2H3. The number of nitrogens with two attached hydrogens (primary N) is 1. The van der Waals surface area contributed by atoms with Crippen LogP contribution >= 0.6 is 11.6 Å². The van der Waals surface area contributed by atoms with Crippen LogP contribution < -0.4 is 19.9 Å². The number of hydrogen-bond donors (Lipinski definition) is 2. The molecule has 1 atom stereocenters. The van der Waals surface area contributed by atoms with E-state index in [-0.39, 0.29) is 6.61 Å². The Morgan fingerprint density at radius 2 is 1.77 bits per heavy atom. The van der Waals surface area contributed by atoms with Crippen LogP contribution in [0.3, 0.4) is 0 Å². The lowest BCUT2D eigenvalue weighted by Gasteiger charge is -2.18. The molecule has 5 nitrogen and oxygen atoms in total. The van der Waals surface area contributed by atoms with E-state index in [9.17, 15) is 5.11 Å². The Labute approximate surface area is 134 Å². The van der Waals surface area contributed by atoms with Gasteiger partial charge < -0.3 is 25.1 Å². The fourth-order valence-electron chi connectivity index (χ4n) is 2.01. The Morgan fingerprint density at radius 3 is 2.41 bits per heavy atom. The molecule has 0 spiro atoms. The molecule has 0 amide bonds. The smallest absolute Gasteiger partial charge is 0.142 e. The fourth-order valence-corrected chi connectivity index (χ4v) is 2.25. The summed E-state index contributed by atoms with van der Waals surface area (Å²) in [6.07, 6.45) is -0.916. The van der Waals surface area contributed by atoms with Gasteiger partial charge in [-0.15, -0.1) is 0 Å². The second-order valence-corrected chi connectivity index (χ2v) is 5.00. The topological polar surface area (TPSA) is 73.9 Å². The highest BCUT2D eigenvalue weighted by molar-refractivity contribution is 6.32. The maximum atomic E-state index is 10.4. The minimum absolute atomic E-state index is 0.0232. The molecule has 0 saturated heterocycles. The Morgan fingerprint density at radius 1 is 1.09 bits per heavy atom. The summed E-state index contributed by atoms with van der Waals surface area (Å²) in [5.74, 6) is 1.43. The number of ether oxygens (including phenoxy) is 3. The summed E-state index contributed by atoms with van der Waals surface area (Å²) in [5, 5.41) is 10.8. The van der Waals surface area contributed by atoms with Crippen molar-refractivity contribution < 1.29 is 19.3 Å². The summed E-state index contributed by atoms with van der Waals surface area (Å²) < 4.78 is 16.0. The van der Waals surface area contributed by atoms with Gasteiger partial charge in [0.2, 0.25) is 0 Å². The quantitative estimate of drug-likeness (QED) is 0.799. The molecule has 0 aromatic heterocycles. The lowest BCUT2D eigenvalue weighted by atomic mass is 10.1. The third-order valence-electron chi connectivity index (χ3n) is 3.18. The average Bonchev–Trinajstić information content (AvgIpc) is 2.53. The first kappa shape index (κ1) is 16.3. The molecule has 1 unspecified atom stereocenters. The van der Waals surface area contributed by atoms with Crippen molar-refractivity contribution in [2.45, 2.75) is 6.10 Å². The van der Waals surface area contributed by atoms with Gasteiger partial charge in [0.1, 0.15) is 30.0 Å². The van der Waals surface area contributed by atoms with Gasteiger partial charge in [-0.2, -0.15) is 0 Å². The Bertz CT molecular complexity index is 648. The zero-order valence-electron chi connectivity index (χ0n) is 12.4. The molecule has 0 bridgehead atoms. The van der Waals surface area contributed by atoms with E-state index in [4.69, 9.17) is 31.5 Å². The van der Waals surface area contributed by atoms with Crippen molar-refractivity contribution in [3.63, 3.8) is 0 Å². The minimum atomic E-state index is -0.916. The van der Waals surface area contributed by atoms with E-state index in [1.807, 2.05) is 12.1 Å². The number of aliphatic hydroxyl groups is 1. The van der Waals surface area contributed by atoms with Crippen molar-refractivity contribution in [1.29, 1.82) is 0 Å². The molecular weight excluding hydrogens is 306 g/mol. The normalized spacial score (nSPS) is 11.8. The molecule has 2 aromatic rings. The van der Waals surface area contributed by atoms with E-state index in [2.05, 4.69) is 0 Å². The number of para-hydroxylation sites is 2. The van der Waals surface area contributed by atoms with Gasteiger partial charge in [-0.3, -0.25) is 0 Å². The zero-order chi connectivity index (χ0) is 16.1. The van der Waals surface area contributed by atoms with E-state index in [0.717, 1.165) is 0 Å². The van der Waals surface area contributed by atoms with E-state index >= 15 is 0 Å². The minimum Gasteiger partial charge on any atom is -0.496 e. The van der Waals surface area contributed by atoms with Gasteiger partial charge in [-0.05, 0) is 18.2 Å². The number of methoxy groups -OCH3 is 2. The summed E-state index contributed by atoms with van der Waals surface area (Å²) >= 11 is 6.04. The zero-order valence-corrected chi connectivity index (χ0v) is 13.1. The number of nitrogen functional groups attached to an aromatic ring is 1. The van der Waals surface area contributed by atoms with Crippen molar-refractivity contribution in [3.05, 3.63) is 47.0 Å². The van der Waals surface area contributed by atoms with Crippen molar-refractivity contribution in [2.75, 3.05) is 26.6 Å². The molecule has 22 heavy (non-hydrogen) atoms. The maximum absolute atomic E-state index is 10.4. The molecule has 6 heteroatoms. The summed E-state index contributed by atoms with van der Waals surface area (Å²) in [6, 6.07) is 10.3. The molecule has 0 aliphatic rings. The van der Waals surface area contributed by atoms with Crippen molar-refractivity contribution in [2.24, 2.45) is 0 Å². The predicted molar refractivity (Wildman–Crippen MR) is 85.9 cm³/mol. The maximum Gasteiger partial charge on any atom is 0.142 e. The van der Waals surface area contributed by atoms with Gasteiger partial charge in [0.25, 0.3) is 0 Å². The molecule has 118 valence electrons. The lowest BCUT2D eigenvalue weighted by Crippen LogP contribution is -2.12. The van der Waals surface area contributed by atoms with Crippen LogP contribution in [0.1, 0.15) is 11.7 Å². The fraction of sp³-hybridized carbons (Fsp3) is 0.250. The van der Waals surface area contributed by atoms with E-state index in [1.54, 1.807) is 24.3 Å². The van der Waals surface area contributed by atoms with Gasteiger partial charge in [0.15, 0.2) is 0 Å². The molecule has 0 heterocycles. The second-order valence-electron chi connectivity index (χ2n) is 4.59. The van der Waals surface area contributed by atoms with Crippen LogP contribution in [0.2, 0.25) is 5.02 Å². The first-order chi connectivity index (χ1) is 10.6. The van der Waals surface area contributed by atoms with Gasteiger partial charge >= 0.3 is 0 Å². The number of benzene rings is 2. The molecule has 2 aromatic carbocycles. The van der Waals surface area contributed by atoms with Crippen LogP contribution in [0.4, 0.5) is 5.69 Å². The van der Waals surface area contributed by atoms with Gasteiger partial charge in [-0.25, -0.2) is 0 Å².